The minimum absolute atomic E-state index is 0.464. The van der Waals surface area contributed by atoms with Gasteiger partial charge in [0.05, 0.1) is 0 Å². The lowest BCUT2D eigenvalue weighted by atomic mass is 9.81. The van der Waals surface area contributed by atoms with E-state index < -0.39 is 0 Å². The molecule has 0 amide bonds. The van der Waals surface area contributed by atoms with E-state index in [-0.39, 0.29) is 0 Å². The van der Waals surface area contributed by atoms with Gasteiger partial charge in [-0.05, 0) is 44.0 Å². The summed E-state index contributed by atoms with van der Waals surface area (Å²) in [5, 5.41) is 16.8. The molecule has 0 radical (unpaired) electrons. The zero-order valence-corrected chi connectivity index (χ0v) is 9.37. The van der Waals surface area contributed by atoms with Crippen LogP contribution in [0.2, 0.25) is 0 Å². The summed E-state index contributed by atoms with van der Waals surface area (Å²) < 4.78 is 0. The van der Waals surface area contributed by atoms with E-state index in [1.54, 1.807) is 6.07 Å². The van der Waals surface area contributed by atoms with E-state index in [0.717, 1.165) is 30.9 Å². The summed E-state index contributed by atoms with van der Waals surface area (Å²) in [6.07, 6.45) is 2.44. The van der Waals surface area contributed by atoms with Crippen LogP contribution in [0.25, 0.3) is 0 Å². The Morgan fingerprint density at radius 2 is 2.00 bits per heavy atom. The van der Waals surface area contributed by atoms with Gasteiger partial charge < -0.3 is 15.7 Å². The highest BCUT2D eigenvalue weighted by atomic mass is 16.3. The summed E-state index contributed by atoms with van der Waals surface area (Å²) in [5.74, 6) is 1.67. The zero-order chi connectivity index (χ0) is 11.0. The van der Waals surface area contributed by atoms with E-state index in [9.17, 15) is 5.11 Å². The second-order valence-corrected chi connectivity index (χ2v) is 4.81. The van der Waals surface area contributed by atoms with Gasteiger partial charge in [0.2, 0.25) is 0 Å². The van der Waals surface area contributed by atoms with Crippen molar-refractivity contribution in [2.24, 2.45) is 5.92 Å². The Morgan fingerprint density at radius 1 is 1.19 bits per heavy atom. The standard InChI is InChI=1S/C13H18N2O/c16-12-3-1-2-11-13(12)10(8-15-11)9-4-6-14-7-5-9/h1-3,9-10,14-16H,4-8H2. The second kappa shape index (κ2) is 3.98. The molecule has 0 aliphatic carbocycles. The number of hydrogen-bond donors (Lipinski definition) is 3. The Morgan fingerprint density at radius 3 is 2.81 bits per heavy atom. The van der Waals surface area contributed by atoms with Crippen molar-refractivity contribution in [1.29, 1.82) is 0 Å². The van der Waals surface area contributed by atoms with Gasteiger partial charge in [0.15, 0.2) is 0 Å². The number of hydrogen-bond acceptors (Lipinski definition) is 3. The number of phenols is 1. The number of anilines is 1. The van der Waals surface area contributed by atoms with E-state index in [0.29, 0.717) is 17.6 Å². The Hall–Kier alpha value is -1.22. The number of rotatable bonds is 1. The summed E-state index contributed by atoms with van der Waals surface area (Å²) >= 11 is 0. The van der Waals surface area contributed by atoms with Crippen molar-refractivity contribution in [3.63, 3.8) is 0 Å². The van der Waals surface area contributed by atoms with Crippen molar-refractivity contribution < 1.29 is 5.11 Å². The van der Waals surface area contributed by atoms with E-state index in [1.807, 2.05) is 6.07 Å². The molecule has 86 valence electrons. The number of fused-ring (bicyclic) bond motifs is 1. The summed E-state index contributed by atoms with van der Waals surface area (Å²) in [5.41, 5.74) is 2.28. The third kappa shape index (κ3) is 1.55. The first kappa shape index (κ1) is 9.97. The predicted octanol–water partition coefficient (Wildman–Crippen LogP) is 1.90. The lowest BCUT2D eigenvalue weighted by Gasteiger charge is -2.28. The molecule has 1 atom stereocenters. The van der Waals surface area contributed by atoms with Crippen LogP contribution in [0.3, 0.4) is 0 Å². The molecule has 1 saturated heterocycles. The lowest BCUT2D eigenvalue weighted by molar-refractivity contribution is 0.325. The van der Waals surface area contributed by atoms with Crippen molar-refractivity contribution in [3.8, 4) is 5.75 Å². The van der Waals surface area contributed by atoms with Crippen molar-refractivity contribution in [3.05, 3.63) is 23.8 Å². The highest BCUT2D eigenvalue weighted by Crippen LogP contribution is 2.43. The molecule has 1 aromatic carbocycles. The fourth-order valence-electron chi connectivity index (χ4n) is 3.07. The molecule has 0 aromatic heterocycles. The summed E-state index contributed by atoms with van der Waals surface area (Å²) in [6.45, 7) is 3.21. The third-order valence-electron chi connectivity index (χ3n) is 3.92. The molecule has 3 N–H and O–H groups in total. The summed E-state index contributed by atoms with van der Waals surface area (Å²) in [4.78, 5) is 0. The maximum Gasteiger partial charge on any atom is 0.121 e. The normalized spacial score (nSPS) is 25.1. The van der Waals surface area contributed by atoms with Crippen molar-refractivity contribution >= 4 is 5.69 Å². The summed E-state index contributed by atoms with van der Waals surface area (Å²) in [7, 11) is 0. The predicted molar refractivity (Wildman–Crippen MR) is 64.9 cm³/mol. The van der Waals surface area contributed by atoms with E-state index in [1.165, 1.54) is 12.8 Å². The molecule has 0 bridgehead atoms. The number of nitrogens with one attached hydrogen (secondary N) is 2. The number of piperidine rings is 1. The first-order chi connectivity index (χ1) is 7.86. The smallest absolute Gasteiger partial charge is 0.121 e. The maximum atomic E-state index is 9.98. The molecule has 3 heteroatoms. The lowest BCUT2D eigenvalue weighted by Crippen LogP contribution is -2.31. The van der Waals surface area contributed by atoms with Gasteiger partial charge in [0, 0.05) is 23.7 Å². The highest BCUT2D eigenvalue weighted by Gasteiger charge is 2.32. The van der Waals surface area contributed by atoms with E-state index in [4.69, 9.17) is 0 Å². The number of aromatic hydroxyl groups is 1. The zero-order valence-electron chi connectivity index (χ0n) is 9.37. The molecule has 0 spiro atoms. The van der Waals surface area contributed by atoms with Crippen LogP contribution in [-0.2, 0) is 0 Å². The number of benzene rings is 1. The largest absolute Gasteiger partial charge is 0.508 e. The average Bonchev–Trinajstić information content (AvgIpc) is 2.75. The van der Waals surface area contributed by atoms with Gasteiger partial charge in [-0.3, -0.25) is 0 Å². The Balaban J connectivity index is 1.89. The molecule has 0 saturated carbocycles. The highest BCUT2D eigenvalue weighted by molar-refractivity contribution is 5.63. The molecule has 2 aliphatic rings. The summed E-state index contributed by atoms with van der Waals surface area (Å²) in [6, 6.07) is 5.78. The second-order valence-electron chi connectivity index (χ2n) is 4.81. The molecule has 1 unspecified atom stereocenters. The molecule has 2 aliphatic heterocycles. The van der Waals surface area contributed by atoms with Gasteiger partial charge in [0.1, 0.15) is 5.75 Å². The van der Waals surface area contributed by atoms with Gasteiger partial charge in [-0.2, -0.15) is 0 Å². The molecule has 16 heavy (non-hydrogen) atoms. The van der Waals surface area contributed by atoms with Crippen molar-refractivity contribution in [2.75, 3.05) is 25.0 Å². The van der Waals surface area contributed by atoms with Crippen LogP contribution in [0, 0.1) is 5.92 Å². The van der Waals surface area contributed by atoms with Crippen molar-refractivity contribution in [2.45, 2.75) is 18.8 Å². The molecular weight excluding hydrogens is 200 g/mol. The molecule has 1 fully saturated rings. The van der Waals surface area contributed by atoms with E-state index in [2.05, 4.69) is 16.7 Å². The average molecular weight is 218 g/mol. The van der Waals surface area contributed by atoms with E-state index >= 15 is 0 Å². The molecule has 2 heterocycles. The minimum atomic E-state index is 0.464. The van der Waals surface area contributed by atoms with Crippen LogP contribution >= 0.6 is 0 Å². The van der Waals surface area contributed by atoms with Crippen LogP contribution in [0.5, 0.6) is 5.75 Å². The Labute approximate surface area is 95.9 Å². The third-order valence-corrected chi connectivity index (χ3v) is 3.92. The molecular formula is C13H18N2O. The van der Waals surface area contributed by atoms with Gasteiger partial charge >= 0.3 is 0 Å². The van der Waals surface area contributed by atoms with Crippen molar-refractivity contribution in [1.82, 2.24) is 5.32 Å². The SMILES string of the molecule is Oc1cccc2c1C(C1CCNCC1)CN2. The van der Waals surface area contributed by atoms with Crippen LogP contribution in [-0.4, -0.2) is 24.7 Å². The quantitative estimate of drug-likeness (QED) is 0.674. The monoisotopic (exact) mass is 218 g/mol. The van der Waals surface area contributed by atoms with Gasteiger partial charge in [-0.15, -0.1) is 0 Å². The molecule has 3 nitrogen and oxygen atoms in total. The molecule has 3 rings (SSSR count). The Kier molecular flexibility index (Phi) is 2.48. The number of phenolic OH excluding ortho intramolecular Hbond substituents is 1. The van der Waals surface area contributed by atoms with Crippen LogP contribution < -0.4 is 10.6 Å². The maximum absolute atomic E-state index is 9.98. The first-order valence-corrected chi connectivity index (χ1v) is 6.13. The van der Waals surface area contributed by atoms with Gasteiger partial charge in [0.25, 0.3) is 0 Å². The fourth-order valence-corrected chi connectivity index (χ4v) is 3.07. The van der Waals surface area contributed by atoms with Crippen LogP contribution in [0.4, 0.5) is 5.69 Å². The fraction of sp³-hybridized carbons (Fsp3) is 0.538. The van der Waals surface area contributed by atoms with Crippen LogP contribution in [0.15, 0.2) is 18.2 Å². The molecule has 1 aromatic rings. The van der Waals surface area contributed by atoms with Gasteiger partial charge in [-0.25, -0.2) is 0 Å². The van der Waals surface area contributed by atoms with Crippen LogP contribution in [0.1, 0.15) is 24.3 Å². The topological polar surface area (TPSA) is 44.3 Å². The minimum Gasteiger partial charge on any atom is -0.508 e. The van der Waals surface area contributed by atoms with Gasteiger partial charge in [-0.1, -0.05) is 6.07 Å². The first-order valence-electron chi connectivity index (χ1n) is 6.13. The Bertz CT molecular complexity index is 386.